The summed E-state index contributed by atoms with van der Waals surface area (Å²) in [6.07, 6.45) is 3.60. The summed E-state index contributed by atoms with van der Waals surface area (Å²) >= 11 is 0. The van der Waals surface area contributed by atoms with Crippen molar-refractivity contribution >= 4 is 16.8 Å². The van der Waals surface area contributed by atoms with E-state index in [1.54, 1.807) is 19.5 Å². The molecule has 2 N–H and O–H groups in total. The van der Waals surface area contributed by atoms with Gasteiger partial charge in [-0.25, -0.2) is 0 Å². The first-order chi connectivity index (χ1) is 15.9. The van der Waals surface area contributed by atoms with Crippen molar-refractivity contribution in [3.8, 4) is 5.75 Å². The fourth-order valence-corrected chi connectivity index (χ4v) is 5.49. The van der Waals surface area contributed by atoms with Gasteiger partial charge < -0.3 is 24.6 Å². The molecule has 0 aliphatic carbocycles. The standard InChI is InChI=1S/C25H31N5O3/c1-28(2)12-22(32)30-15-25(16-30)14-29(11-17-6-8-26-9-7-17)21(13-31)24-23(25)19-5-4-18(33-3)10-20(19)27-24/h4-10,21,27,31H,11-16H2,1-3H3/t21-/m0/s1. The van der Waals surface area contributed by atoms with Gasteiger partial charge >= 0.3 is 0 Å². The van der Waals surface area contributed by atoms with Crippen LogP contribution in [0.15, 0.2) is 42.7 Å². The van der Waals surface area contributed by atoms with Gasteiger partial charge in [0.05, 0.1) is 26.3 Å². The Hall–Kier alpha value is -2.94. The van der Waals surface area contributed by atoms with E-state index in [9.17, 15) is 9.90 Å². The van der Waals surface area contributed by atoms with Gasteiger partial charge in [0.1, 0.15) is 5.75 Å². The van der Waals surface area contributed by atoms with Crippen LogP contribution in [0.1, 0.15) is 22.9 Å². The van der Waals surface area contributed by atoms with Gasteiger partial charge in [-0.3, -0.25) is 14.7 Å². The van der Waals surface area contributed by atoms with E-state index in [0.29, 0.717) is 26.2 Å². The number of aromatic amines is 1. The summed E-state index contributed by atoms with van der Waals surface area (Å²) < 4.78 is 5.44. The van der Waals surface area contributed by atoms with Crippen molar-refractivity contribution in [2.24, 2.45) is 0 Å². The average Bonchev–Trinajstić information content (AvgIpc) is 3.16. The highest BCUT2D eigenvalue weighted by Gasteiger charge is 2.53. The van der Waals surface area contributed by atoms with Gasteiger partial charge in [0.2, 0.25) is 5.91 Å². The number of nitrogens with one attached hydrogen (secondary N) is 1. The second kappa shape index (κ2) is 8.44. The quantitative estimate of drug-likeness (QED) is 0.597. The molecule has 0 unspecified atom stereocenters. The number of H-pyrrole nitrogens is 1. The van der Waals surface area contributed by atoms with Crippen molar-refractivity contribution in [1.82, 2.24) is 24.7 Å². The van der Waals surface area contributed by atoms with E-state index in [0.717, 1.165) is 34.5 Å². The Morgan fingerprint density at radius 1 is 1.24 bits per heavy atom. The molecule has 0 bridgehead atoms. The van der Waals surface area contributed by atoms with E-state index < -0.39 is 0 Å². The number of carbonyl (C=O) groups is 1. The van der Waals surface area contributed by atoms with E-state index in [2.05, 4.69) is 20.9 Å². The Kier molecular flexibility index (Phi) is 5.60. The number of aliphatic hydroxyl groups is 1. The number of aromatic nitrogens is 2. The number of carbonyl (C=O) groups excluding carboxylic acids is 1. The van der Waals surface area contributed by atoms with Crippen molar-refractivity contribution in [3.63, 3.8) is 0 Å². The Morgan fingerprint density at radius 2 is 2.00 bits per heavy atom. The molecule has 3 aromatic rings. The Labute approximate surface area is 193 Å². The normalized spacial score (nSPS) is 19.7. The molecule has 1 spiro atoms. The van der Waals surface area contributed by atoms with E-state index in [4.69, 9.17) is 4.74 Å². The van der Waals surface area contributed by atoms with Crippen molar-refractivity contribution in [3.05, 3.63) is 59.5 Å². The number of likely N-dealkylation sites (N-methyl/N-ethyl adjacent to an activating group) is 1. The second-order valence-corrected chi connectivity index (χ2v) is 9.55. The van der Waals surface area contributed by atoms with Crippen LogP contribution in [0.5, 0.6) is 5.75 Å². The minimum absolute atomic E-state index is 0.0153. The number of methoxy groups -OCH3 is 1. The van der Waals surface area contributed by atoms with Crippen LogP contribution in [0.3, 0.4) is 0 Å². The van der Waals surface area contributed by atoms with Crippen LogP contribution in [0, 0.1) is 0 Å². The first kappa shape index (κ1) is 21.9. The smallest absolute Gasteiger partial charge is 0.236 e. The van der Waals surface area contributed by atoms with Crippen LogP contribution in [-0.2, 0) is 16.8 Å². The number of likely N-dealkylation sites (tertiary alicyclic amines) is 1. The summed E-state index contributed by atoms with van der Waals surface area (Å²) in [5, 5.41) is 11.6. The lowest BCUT2D eigenvalue weighted by Crippen LogP contribution is -2.68. The predicted octanol–water partition coefficient (Wildman–Crippen LogP) is 1.76. The molecule has 5 rings (SSSR count). The van der Waals surface area contributed by atoms with Crippen LogP contribution in [0.25, 0.3) is 10.9 Å². The number of aliphatic hydroxyl groups excluding tert-OH is 1. The van der Waals surface area contributed by atoms with Crippen molar-refractivity contribution in [2.75, 3.05) is 54.0 Å². The average molecular weight is 450 g/mol. The Morgan fingerprint density at radius 3 is 2.67 bits per heavy atom. The summed E-state index contributed by atoms with van der Waals surface area (Å²) in [5.74, 6) is 0.944. The monoisotopic (exact) mass is 449 g/mol. The summed E-state index contributed by atoms with van der Waals surface area (Å²) in [4.78, 5) is 26.7. The molecule has 2 aliphatic heterocycles. The molecule has 1 amide bonds. The summed E-state index contributed by atoms with van der Waals surface area (Å²) in [7, 11) is 5.50. The van der Waals surface area contributed by atoms with Gasteiger partial charge in [0.25, 0.3) is 0 Å². The summed E-state index contributed by atoms with van der Waals surface area (Å²) in [6.45, 7) is 3.26. The van der Waals surface area contributed by atoms with Crippen molar-refractivity contribution in [1.29, 1.82) is 0 Å². The molecule has 1 fully saturated rings. The number of ether oxygens (including phenoxy) is 1. The number of fused-ring (bicyclic) bond motifs is 4. The molecular formula is C25H31N5O3. The molecule has 8 heteroatoms. The van der Waals surface area contributed by atoms with Crippen molar-refractivity contribution < 1.29 is 14.6 Å². The molecule has 8 nitrogen and oxygen atoms in total. The summed E-state index contributed by atoms with van der Waals surface area (Å²) in [5.41, 5.74) is 4.25. The highest BCUT2D eigenvalue weighted by Crippen LogP contribution is 2.48. The first-order valence-corrected chi connectivity index (χ1v) is 11.3. The maximum Gasteiger partial charge on any atom is 0.236 e. The van der Waals surface area contributed by atoms with Crippen LogP contribution < -0.4 is 4.74 Å². The zero-order valence-corrected chi connectivity index (χ0v) is 19.4. The molecule has 1 aromatic carbocycles. The molecule has 33 heavy (non-hydrogen) atoms. The maximum absolute atomic E-state index is 12.8. The zero-order valence-electron chi connectivity index (χ0n) is 19.4. The lowest BCUT2D eigenvalue weighted by Gasteiger charge is -2.56. The maximum atomic E-state index is 12.8. The van der Waals surface area contributed by atoms with E-state index in [1.165, 1.54) is 5.56 Å². The molecular weight excluding hydrogens is 418 g/mol. The number of hydrogen-bond acceptors (Lipinski definition) is 6. The zero-order chi connectivity index (χ0) is 23.2. The number of benzene rings is 1. The molecule has 174 valence electrons. The number of rotatable bonds is 6. The van der Waals surface area contributed by atoms with Crippen LogP contribution in [0.4, 0.5) is 0 Å². The SMILES string of the molecule is COc1ccc2c3c([nH]c2c1)[C@H](CO)N(Cc1ccncc1)CC31CN(C(=O)CN(C)C)C1. The highest BCUT2D eigenvalue weighted by molar-refractivity contribution is 5.89. The van der Waals surface area contributed by atoms with Gasteiger partial charge in [0, 0.05) is 66.7 Å². The lowest BCUT2D eigenvalue weighted by molar-refractivity contribution is -0.141. The van der Waals surface area contributed by atoms with Crippen LogP contribution in [-0.4, -0.2) is 89.7 Å². The molecule has 1 saturated heterocycles. The Bertz CT molecular complexity index is 1150. The van der Waals surface area contributed by atoms with Crippen LogP contribution in [0.2, 0.25) is 0 Å². The summed E-state index contributed by atoms with van der Waals surface area (Å²) in [6, 6.07) is 9.97. The number of pyridine rings is 1. The second-order valence-electron chi connectivity index (χ2n) is 9.55. The third-order valence-corrected chi connectivity index (χ3v) is 6.94. The third kappa shape index (κ3) is 3.78. The van der Waals surface area contributed by atoms with Gasteiger partial charge in [-0.2, -0.15) is 0 Å². The van der Waals surface area contributed by atoms with Gasteiger partial charge in [-0.1, -0.05) is 0 Å². The fourth-order valence-electron chi connectivity index (χ4n) is 5.49. The van der Waals surface area contributed by atoms with Crippen molar-refractivity contribution in [2.45, 2.75) is 18.0 Å². The number of amides is 1. The van der Waals surface area contributed by atoms with E-state index in [-0.39, 0.29) is 24.0 Å². The molecule has 0 radical (unpaired) electrons. The van der Waals surface area contributed by atoms with Gasteiger partial charge in [-0.15, -0.1) is 0 Å². The minimum Gasteiger partial charge on any atom is -0.497 e. The largest absolute Gasteiger partial charge is 0.497 e. The van der Waals surface area contributed by atoms with Gasteiger partial charge in [0.15, 0.2) is 0 Å². The highest BCUT2D eigenvalue weighted by atomic mass is 16.5. The molecule has 2 aliphatic rings. The topological polar surface area (TPSA) is 84.9 Å². The molecule has 4 heterocycles. The van der Waals surface area contributed by atoms with Crippen LogP contribution >= 0.6 is 0 Å². The van der Waals surface area contributed by atoms with Gasteiger partial charge in [-0.05, 0) is 49.5 Å². The lowest BCUT2D eigenvalue weighted by atomic mass is 9.68. The van der Waals surface area contributed by atoms with E-state index in [1.807, 2.05) is 48.2 Å². The number of nitrogens with zero attached hydrogens (tertiary/aromatic N) is 4. The Balaban J connectivity index is 1.56. The van der Waals surface area contributed by atoms with E-state index >= 15 is 0 Å². The first-order valence-electron chi connectivity index (χ1n) is 11.3. The predicted molar refractivity (Wildman–Crippen MR) is 126 cm³/mol. The molecule has 0 saturated carbocycles. The molecule has 2 aromatic heterocycles. The fraction of sp³-hybridized carbons (Fsp3) is 0.440. The number of hydrogen-bond donors (Lipinski definition) is 2. The minimum atomic E-state index is -0.178. The third-order valence-electron chi connectivity index (χ3n) is 6.94. The molecule has 1 atom stereocenters.